The molecule has 1 heterocycles. The van der Waals surface area contributed by atoms with Crippen LogP contribution in [-0.4, -0.2) is 36.2 Å². The number of hydrogen-bond donors (Lipinski definition) is 1. The second kappa shape index (κ2) is 5.78. The van der Waals surface area contributed by atoms with Crippen LogP contribution < -0.4 is 10.8 Å². The van der Waals surface area contributed by atoms with Crippen LogP contribution in [0.3, 0.4) is 0 Å². The monoisotopic (exact) mass is 351 g/mol. The largest absolute Gasteiger partial charge is 0.494 e. The van der Waals surface area contributed by atoms with Crippen molar-refractivity contribution in [2.24, 2.45) is 0 Å². The van der Waals surface area contributed by atoms with Crippen molar-refractivity contribution in [2.45, 2.75) is 70.6 Å². The van der Waals surface area contributed by atoms with Crippen molar-refractivity contribution in [3.63, 3.8) is 0 Å². The lowest BCUT2D eigenvalue weighted by Gasteiger charge is -2.35. The van der Waals surface area contributed by atoms with Gasteiger partial charge in [-0.2, -0.15) is 0 Å². The van der Waals surface area contributed by atoms with Gasteiger partial charge in [0, 0.05) is 24.4 Å². The van der Waals surface area contributed by atoms with E-state index < -0.39 is 30.3 Å². The van der Waals surface area contributed by atoms with Crippen LogP contribution >= 0.6 is 0 Å². The van der Waals surface area contributed by atoms with Gasteiger partial charge >= 0.3 is 7.12 Å². The van der Waals surface area contributed by atoms with Gasteiger partial charge < -0.3 is 14.6 Å². The molecule has 1 aromatic carbocycles. The smallest absolute Gasteiger partial charge is 0.399 e. The van der Waals surface area contributed by atoms with Gasteiger partial charge in [0.2, 0.25) is 0 Å². The zero-order valence-corrected chi connectivity index (χ0v) is 15.3. The third-order valence-electron chi connectivity index (χ3n) is 5.46. The second-order valence-corrected chi connectivity index (χ2v) is 8.10. The lowest BCUT2D eigenvalue weighted by molar-refractivity contribution is -0.0901. The number of aryl methyl sites for hydroxylation is 1. The lowest BCUT2D eigenvalue weighted by Crippen LogP contribution is -2.50. The molecule has 1 saturated carbocycles. The highest BCUT2D eigenvalue weighted by atomic mass is 19.3. The SMILES string of the molecule is Cc1ccc(B2OC(C)(C)C(C)(C)O2)cc1C(=O)NC1CC(F)(F)C1. The number of benzene rings is 1. The van der Waals surface area contributed by atoms with Gasteiger partial charge in [0.1, 0.15) is 0 Å². The quantitative estimate of drug-likeness (QED) is 0.852. The highest BCUT2D eigenvalue weighted by Crippen LogP contribution is 2.38. The summed E-state index contributed by atoms with van der Waals surface area (Å²) in [6.45, 7) is 9.67. The molecule has 1 amide bonds. The number of halogens is 2. The van der Waals surface area contributed by atoms with Gasteiger partial charge in [0.25, 0.3) is 11.8 Å². The van der Waals surface area contributed by atoms with Crippen LogP contribution in [-0.2, 0) is 9.31 Å². The minimum Gasteiger partial charge on any atom is -0.399 e. The zero-order chi connectivity index (χ0) is 18.6. The highest BCUT2D eigenvalue weighted by Gasteiger charge is 2.52. The maximum Gasteiger partial charge on any atom is 0.494 e. The van der Waals surface area contributed by atoms with Gasteiger partial charge in [-0.25, -0.2) is 8.78 Å². The van der Waals surface area contributed by atoms with E-state index in [1.54, 1.807) is 6.07 Å². The average Bonchev–Trinajstić information content (AvgIpc) is 2.65. The Kier molecular flexibility index (Phi) is 4.24. The number of alkyl halides is 2. The maximum absolute atomic E-state index is 13.0. The normalized spacial score (nSPS) is 24.0. The van der Waals surface area contributed by atoms with Gasteiger partial charge in [-0.1, -0.05) is 12.1 Å². The van der Waals surface area contributed by atoms with E-state index in [1.165, 1.54) is 0 Å². The highest BCUT2D eigenvalue weighted by molar-refractivity contribution is 6.62. The van der Waals surface area contributed by atoms with Crippen LogP contribution in [0.1, 0.15) is 56.5 Å². The Hall–Kier alpha value is -1.47. The summed E-state index contributed by atoms with van der Waals surface area (Å²) in [6.07, 6.45) is -0.594. The molecule has 2 fully saturated rings. The molecule has 0 spiro atoms. The Morgan fingerprint density at radius 1 is 1.16 bits per heavy atom. The minimum absolute atomic E-state index is 0.297. The van der Waals surface area contributed by atoms with E-state index in [0.717, 1.165) is 11.0 Å². The summed E-state index contributed by atoms with van der Waals surface area (Å²) < 4.78 is 37.9. The topological polar surface area (TPSA) is 47.6 Å². The van der Waals surface area contributed by atoms with E-state index in [2.05, 4.69) is 5.32 Å². The summed E-state index contributed by atoms with van der Waals surface area (Å²) in [5.41, 5.74) is 1.05. The Labute approximate surface area is 147 Å². The maximum atomic E-state index is 13.0. The van der Waals surface area contributed by atoms with Crippen LogP contribution in [0.15, 0.2) is 18.2 Å². The van der Waals surface area contributed by atoms with E-state index in [9.17, 15) is 13.6 Å². The molecule has 7 heteroatoms. The Balaban J connectivity index is 1.76. The predicted octanol–water partition coefficient (Wildman–Crippen LogP) is 2.82. The van der Waals surface area contributed by atoms with Crippen LogP contribution in [0.2, 0.25) is 0 Å². The van der Waals surface area contributed by atoms with Gasteiger partial charge in [0.05, 0.1) is 11.2 Å². The van der Waals surface area contributed by atoms with Crippen molar-refractivity contribution in [3.05, 3.63) is 29.3 Å². The molecule has 25 heavy (non-hydrogen) atoms. The van der Waals surface area contributed by atoms with Crippen molar-refractivity contribution in [2.75, 3.05) is 0 Å². The first kappa shape index (κ1) is 18.3. The third-order valence-corrected chi connectivity index (χ3v) is 5.46. The number of carbonyl (C=O) groups excluding carboxylic acids is 1. The lowest BCUT2D eigenvalue weighted by atomic mass is 9.77. The van der Waals surface area contributed by atoms with Crippen molar-refractivity contribution >= 4 is 18.5 Å². The molecule has 0 bridgehead atoms. The predicted molar refractivity (Wildman–Crippen MR) is 92.3 cm³/mol. The number of hydrogen-bond acceptors (Lipinski definition) is 3. The van der Waals surface area contributed by atoms with E-state index in [1.807, 2.05) is 46.8 Å². The molecule has 4 nitrogen and oxygen atoms in total. The van der Waals surface area contributed by atoms with Crippen molar-refractivity contribution in [1.29, 1.82) is 0 Å². The summed E-state index contributed by atoms with van der Waals surface area (Å²) in [5, 5.41) is 2.68. The van der Waals surface area contributed by atoms with Crippen molar-refractivity contribution in [1.82, 2.24) is 5.32 Å². The van der Waals surface area contributed by atoms with Crippen LogP contribution in [0.5, 0.6) is 0 Å². The molecular weight excluding hydrogens is 327 g/mol. The summed E-state index contributed by atoms with van der Waals surface area (Å²) in [5.74, 6) is -2.99. The zero-order valence-electron chi connectivity index (χ0n) is 15.3. The first-order chi connectivity index (χ1) is 11.4. The van der Waals surface area contributed by atoms with Crippen molar-refractivity contribution < 1.29 is 22.9 Å². The molecule has 1 aliphatic heterocycles. The molecule has 1 N–H and O–H groups in total. The Bertz CT molecular complexity index is 682. The standard InChI is InChI=1S/C18H24BF2NO3/c1-11-6-7-12(19-24-16(2,3)17(4,5)25-19)8-14(11)15(23)22-13-9-18(20,21)10-13/h6-8,13H,9-10H2,1-5H3,(H,22,23). The molecule has 1 aromatic rings. The second-order valence-electron chi connectivity index (χ2n) is 8.10. The van der Waals surface area contributed by atoms with E-state index in [4.69, 9.17) is 9.31 Å². The molecular formula is C18H24BF2NO3. The molecule has 0 unspecified atom stereocenters. The Morgan fingerprint density at radius 3 is 2.24 bits per heavy atom. The fraction of sp³-hybridized carbons (Fsp3) is 0.611. The Morgan fingerprint density at radius 2 is 1.72 bits per heavy atom. The fourth-order valence-corrected chi connectivity index (χ4v) is 3.04. The third kappa shape index (κ3) is 3.44. The molecule has 136 valence electrons. The number of carbonyl (C=O) groups is 1. The molecule has 2 aliphatic rings. The summed E-state index contributed by atoms with van der Waals surface area (Å²) in [7, 11) is -0.565. The van der Waals surface area contributed by atoms with Gasteiger partial charge in [-0.15, -0.1) is 0 Å². The number of rotatable bonds is 3. The molecule has 1 saturated heterocycles. The van der Waals surface area contributed by atoms with Crippen molar-refractivity contribution in [3.8, 4) is 0 Å². The summed E-state index contributed by atoms with van der Waals surface area (Å²) >= 11 is 0. The van der Waals surface area contributed by atoms with Gasteiger partial charge in [0.15, 0.2) is 0 Å². The molecule has 0 atom stereocenters. The molecule has 0 aromatic heterocycles. The van der Waals surface area contributed by atoms with Crippen LogP contribution in [0.4, 0.5) is 8.78 Å². The molecule has 1 aliphatic carbocycles. The van der Waals surface area contributed by atoms with Gasteiger partial charge in [-0.05, 0) is 51.7 Å². The average molecular weight is 351 g/mol. The fourth-order valence-electron chi connectivity index (χ4n) is 3.04. The van der Waals surface area contributed by atoms with E-state index in [0.29, 0.717) is 5.56 Å². The number of amides is 1. The first-order valence-electron chi connectivity index (χ1n) is 8.55. The minimum atomic E-state index is -2.66. The number of nitrogens with one attached hydrogen (secondary N) is 1. The van der Waals surface area contributed by atoms with Crippen LogP contribution in [0.25, 0.3) is 0 Å². The molecule has 3 rings (SSSR count). The first-order valence-corrected chi connectivity index (χ1v) is 8.55. The molecule has 0 radical (unpaired) electrons. The summed E-state index contributed by atoms with van der Waals surface area (Å²) in [4.78, 5) is 12.5. The summed E-state index contributed by atoms with van der Waals surface area (Å²) in [6, 6.07) is 4.95. The van der Waals surface area contributed by atoms with E-state index >= 15 is 0 Å². The van der Waals surface area contributed by atoms with Gasteiger partial charge in [-0.3, -0.25) is 4.79 Å². The van der Waals surface area contributed by atoms with E-state index in [-0.39, 0.29) is 18.7 Å². The van der Waals surface area contributed by atoms with Crippen LogP contribution in [0, 0.1) is 6.92 Å².